The number of non-ortho nitro benzene ring substituents is 1. The number of fused-ring (bicyclic) bond motifs is 2. The molecular weight excluding hydrogens is 564 g/mol. The third kappa shape index (κ3) is 6.69. The Labute approximate surface area is 250 Å². The van der Waals surface area contributed by atoms with Crippen LogP contribution in [0.3, 0.4) is 0 Å². The molecule has 0 saturated heterocycles. The lowest BCUT2D eigenvalue weighted by atomic mass is 9.74. The van der Waals surface area contributed by atoms with Crippen molar-refractivity contribution < 1.29 is 9.66 Å². The molecule has 2 aliphatic heterocycles. The SMILES string of the molecule is CCCCCCCCCCCCCCCCN1c2ccccc2C(C)(C)C12CCc1cc([N+](=O)[O-])cc(Br)c1O2. The van der Waals surface area contributed by atoms with Crippen LogP contribution in [-0.4, -0.2) is 17.2 Å². The van der Waals surface area contributed by atoms with E-state index in [1.54, 1.807) is 12.1 Å². The number of halogens is 1. The van der Waals surface area contributed by atoms with Gasteiger partial charge in [-0.25, -0.2) is 0 Å². The van der Waals surface area contributed by atoms with E-state index in [0.29, 0.717) is 4.47 Å². The maximum atomic E-state index is 11.4. The van der Waals surface area contributed by atoms with Crippen molar-refractivity contribution in [1.29, 1.82) is 0 Å². The predicted molar refractivity (Wildman–Crippen MR) is 170 cm³/mol. The van der Waals surface area contributed by atoms with Crippen molar-refractivity contribution in [2.45, 2.75) is 135 Å². The van der Waals surface area contributed by atoms with E-state index in [0.717, 1.165) is 37.1 Å². The van der Waals surface area contributed by atoms with Gasteiger partial charge in [0.15, 0.2) is 5.72 Å². The van der Waals surface area contributed by atoms with Crippen molar-refractivity contribution in [2.24, 2.45) is 0 Å². The zero-order valence-electron chi connectivity index (χ0n) is 25.0. The van der Waals surface area contributed by atoms with Crippen molar-refractivity contribution in [3.63, 3.8) is 0 Å². The number of nitro groups is 1. The van der Waals surface area contributed by atoms with Crippen LogP contribution in [0.2, 0.25) is 0 Å². The zero-order valence-corrected chi connectivity index (χ0v) is 26.6. The number of hydrogen-bond donors (Lipinski definition) is 0. The van der Waals surface area contributed by atoms with Crippen molar-refractivity contribution in [3.05, 3.63) is 62.1 Å². The molecule has 2 aliphatic rings. The van der Waals surface area contributed by atoms with Crippen LogP contribution in [0.4, 0.5) is 11.4 Å². The molecule has 5 nitrogen and oxygen atoms in total. The number of aryl methyl sites for hydroxylation is 1. The maximum Gasteiger partial charge on any atom is 0.271 e. The van der Waals surface area contributed by atoms with Gasteiger partial charge in [0.25, 0.3) is 5.69 Å². The summed E-state index contributed by atoms with van der Waals surface area (Å²) < 4.78 is 7.65. The van der Waals surface area contributed by atoms with Gasteiger partial charge in [-0.15, -0.1) is 0 Å². The first-order valence-corrected chi connectivity index (χ1v) is 16.6. The van der Waals surface area contributed by atoms with Gasteiger partial charge in [0, 0.05) is 36.3 Å². The molecule has 0 bridgehead atoms. The van der Waals surface area contributed by atoms with Crippen LogP contribution in [0.25, 0.3) is 0 Å². The molecule has 0 aromatic heterocycles. The summed E-state index contributed by atoms with van der Waals surface area (Å²) in [6.07, 6.45) is 20.5. The van der Waals surface area contributed by atoms with Crippen LogP contribution < -0.4 is 9.64 Å². The Morgan fingerprint density at radius 1 is 0.900 bits per heavy atom. The Morgan fingerprint density at radius 3 is 2.08 bits per heavy atom. The molecular formula is C34H49BrN2O3. The van der Waals surface area contributed by atoms with Gasteiger partial charge in [0.05, 0.1) is 14.8 Å². The largest absolute Gasteiger partial charge is 0.466 e. The summed E-state index contributed by atoms with van der Waals surface area (Å²) in [6, 6.07) is 12.0. The maximum absolute atomic E-state index is 11.4. The summed E-state index contributed by atoms with van der Waals surface area (Å²) in [7, 11) is 0. The molecule has 0 saturated carbocycles. The van der Waals surface area contributed by atoms with Crippen LogP contribution in [0, 0.1) is 10.1 Å². The lowest BCUT2D eigenvalue weighted by Crippen LogP contribution is -2.61. The standard InChI is InChI=1S/C34H49BrN2O3/c1-4-5-6-7-8-9-10-11-12-13-14-15-16-19-24-36-31-21-18-17-20-29(31)33(2,3)34(36)23-22-27-25-28(37(38)39)26-30(35)32(27)40-34/h17-18,20-21,25-26H,4-16,19,22-24H2,1-3H3. The van der Waals surface area contributed by atoms with Gasteiger partial charge in [-0.1, -0.05) is 109 Å². The van der Waals surface area contributed by atoms with Gasteiger partial charge in [-0.3, -0.25) is 10.1 Å². The minimum atomic E-state index is -0.515. The van der Waals surface area contributed by atoms with E-state index < -0.39 is 5.72 Å². The summed E-state index contributed by atoms with van der Waals surface area (Å²) in [5, 5.41) is 11.4. The van der Waals surface area contributed by atoms with E-state index in [4.69, 9.17) is 4.74 Å². The Balaban J connectivity index is 1.31. The van der Waals surface area contributed by atoms with E-state index in [2.05, 4.69) is 65.9 Å². The van der Waals surface area contributed by atoms with Gasteiger partial charge in [0.2, 0.25) is 0 Å². The summed E-state index contributed by atoms with van der Waals surface area (Å²) in [5.74, 6) is 0.753. The number of rotatable bonds is 16. The van der Waals surface area contributed by atoms with Crippen molar-refractivity contribution in [3.8, 4) is 5.75 Å². The molecule has 0 amide bonds. The Kier molecular flexibility index (Phi) is 11.0. The van der Waals surface area contributed by atoms with Gasteiger partial charge in [-0.2, -0.15) is 0 Å². The lowest BCUT2D eigenvalue weighted by Gasteiger charge is -2.50. The number of unbranched alkanes of at least 4 members (excludes halogenated alkanes) is 13. The molecule has 2 aromatic carbocycles. The molecule has 1 spiro atoms. The summed E-state index contributed by atoms with van der Waals surface area (Å²) in [4.78, 5) is 13.6. The average Bonchev–Trinajstić information content (AvgIpc) is 3.11. The molecule has 6 heteroatoms. The van der Waals surface area contributed by atoms with Crippen LogP contribution in [0.5, 0.6) is 5.75 Å². The fourth-order valence-electron chi connectivity index (χ4n) is 6.94. The molecule has 4 rings (SSSR count). The summed E-state index contributed by atoms with van der Waals surface area (Å²) >= 11 is 3.60. The van der Waals surface area contributed by atoms with E-state index in [9.17, 15) is 10.1 Å². The molecule has 0 N–H and O–H groups in total. The van der Waals surface area contributed by atoms with Crippen molar-refractivity contribution in [1.82, 2.24) is 0 Å². The van der Waals surface area contributed by atoms with Crippen molar-refractivity contribution >= 4 is 27.3 Å². The van der Waals surface area contributed by atoms with Gasteiger partial charge < -0.3 is 9.64 Å². The second-order valence-corrected chi connectivity index (χ2v) is 13.3. The van der Waals surface area contributed by atoms with Gasteiger partial charge in [-0.05, 0) is 54.2 Å². The monoisotopic (exact) mass is 612 g/mol. The van der Waals surface area contributed by atoms with E-state index in [-0.39, 0.29) is 16.0 Å². The van der Waals surface area contributed by atoms with E-state index in [1.165, 1.54) is 94.7 Å². The summed E-state index contributed by atoms with van der Waals surface area (Å²) in [5.41, 5.74) is 2.87. The highest BCUT2D eigenvalue weighted by Crippen LogP contribution is 2.57. The molecule has 2 aromatic rings. The smallest absolute Gasteiger partial charge is 0.271 e. The first-order valence-electron chi connectivity index (χ1n) is 15.8. The van der Waals surface area contributed by atoms with Gasteiger partial charge >= 0.3 is 0 Å². The highest BCUT2D eigenvalue weighted by atomic mass is 79.9. The fourth-order valence-corrected chi connectivity index (χ4v) is 7.51. The number of para-hydroxylation sites is 1. The lowest BCUT2D eigenvalue weighted by molar-refractivity contribution is -0.385. The topological polar surface area (TPSA) is 55.6 Å². The van der Waals surface area contributed by atoms with E-state index >= 15 is 0 Å². The number of ether oxygens (including phenoxy) is 1. The number of anilines is 1. The Morgan fingerprint density at radius 2 is 1.48 bits per heavy atom. The number of benzene rings is 2. The quantitative estimate of drug-likeness (QED) is 0.107. The Hall–Kier alpha value is -2.08. The first-order chi connectivity index (χ1) is 19.3. The molecule has 1 atom stereocenters. The molecule has 40 heavy (non-hydrogen) atoms. The molecule has 0 fully saturated rings. The molecule has 2 heterocycles. The fraction of sp³-hybridized carbons (Fsp3) is 0.647. The molecule has 0 aliphatic carbocycles. The molecule has 0 radical (unpaired) electrons. The minimum Gasteiger partial charge on any atom is -0.466 e. The Bertz CT molecular complexity index is 1130. The zero-order chi connectivity index (χ0) is 28.6. The summed E-state index contributed by atoms with van der Waals surface area (Å²) in [6.45, 7) is 7.83. The van der Waals surface area contributed by atoms with Crippen LogP contribution in [-0.2, 0) is 11.8 Å². The molecule has 1 unspecified atom stereocenters. The normalized spacial score (nSPS) is 18.9. The third-order valence-corrected chi connectivity index (χ3v) is 9.93. The highest BCUT2D eigenvalue weighted by molar-refractivity contribution is 9.10. The second kappa shape index (κ2) is 14.2. The van der Waals surface area contributed by atoms with Crippen molar-refractivity contribution in [2.75, 3.05) is 11.4 Å². The third-order valence-electron chi connectivity index (χ3n) is 9.34. The number of nitrogens with zero attached hydrogens (tertiary/aromatic N) is 2. The highest BCUT2D eigenvalue weighted by Gasteiger charge is 2.60. The molecule has 220 valence electrons. The first kappa shape index (κ1) is 30.9. The number of hydrogen-bond acceptors (Lipinski definition) is 4. The van der Waals surface area contributed by atoms with Gasteiger partial charge in [0.1, 0.15) is 5.75 Å². The van der Waals surface area contributed by atoms with Crippen LogP contribution in [0.15, 0.2) is 40.9 Å². The second-order valence-electron chi connectivity index (χ2n) is 12.4. The van der Waals surface area contributed by atoms with Crippen LogP contribution in [0.1, 0.15) is 128 Å². The minimum absolute atomic E-state index is 0.110. The average molecular weight is 614 g/mol. The predicted octanol–water partition coefficient (Wildman–Crippen LogP) is 10.7. The van der Waals surface area contributed by atoms with Crippen LogP contribution >= 0.6 is 15.9 Å². The number of nitro benzene ring substituents is 1. The van der Waals surface area contributed by atoms with E-state index in [1.807, 2.05) is 0 Å².